The van der Waals surface area contributed by atoms with Crippen molar-refractivity contribution < 1.29 is 13.9 Å². The number of halogens is 1. The Hall–Kier alpha value is -4.07. The first-order chi connectivity index (χ1) is 16.7. The van der Waals surface area contributed by atoms with Crippen LogP contribution in [-0.2, 0) is 24.1 Å². The number of nitrogens with zero attached hydrogens (tertiary/aromatic N) is 5. The first kappa shape index (κ1) is 21.8. The molecule has 2 aromatic carbocycles. The van der Waals surface area contributed by atoms with Gasteiger partial charge < -0.3 is 4.74 Å². The normalized spacial score (nSPS) is 15.5. The summed E-state index contributed by atoms with van der Waals surface area (Å²) >= 11 is 0. The molecule has 5 rings (SSSR count). The fraction of sp³-hybridized carbons (Fsp3) is 0.231. The molecule has 0 aliphatic carbocycles. The van der Waals surface area contributed by atoms with E-state index in [2.05, 4.69) is 15.1 Å². The molecule has 0 N–H and O–H groups in total. The lowest BCUT2D eigenvalue weighted by Crippen LogP contribution is -2.26. The predicted molar refractivity (Wildman–Crippen MR) is 126 cm³/mol. The number of aromatic nitrogens is 4. The molecule has 34 heavy (non-hydrogen) atoms. The number of cyclic esters (lactones) is 1. The Labute approximate surface area is 196 Å². The maximum Gasteiger partial charge on any atom is 0.414 e. The summed E-state index contributed by atoms with van der Waals surface area (Å²) in [5.74, 6) is -0.379. The van der Waals surface area contributed by atoms with E-state index < -0.39 is 6.09 Å². The lowest BCUT2D eigenvalue weighted by molar-refractivity contribution is 0.129. The van der Waals surface area contributed by atoms with Gasteiger partial charge in [-0.25, -0.2) is 18.9 Å². The van der Waals surface area contributed by atoms with Crippen molar-refractivity contribution in [3.05, 3.63) is 96.6 Å². The van der Waals surface area contributed by atoms with Crippen molar-refractivity contribution in [2.45, 2.75) is 31.9 Å². The first-order valence-corrected chi connectivity index (χ1v) is 11.2. The van der Waals surface area contributed by atoms with E-state index in [0.717, 1.165) is 24.8 Å². The van der Waals surface area contributed by atoms with E-state index in [0.29, 0.717) is 24.3 Å². The van der Waals surface area contributed by atoms with E-state index in [1.54, 1.807) is 23.1 Å². The summed E-state index contributed by atoms with van der Waals surface area (Å²) in [5.41, 5.74) is 4.27. The average molecular weight is 458 g/mol. The van der Waals surface area contributed by atoms with Crippen LogP contribution in [0.1, 0.15) is 17.5 Å². The van der Waals surface area contributed by atoms with Crippen LogP contribution in [0.4, 0.5) is 14.9 Å². The van der Waals surface area contributed by atoms with Crippen molar-refractivity contribution in [2.24, 2.45) is 0 Å². The van der Waals surface area contributed by atoms with Gasteiger partial charge in [0.25, 0.3) is 0 Å². The third-order valence-electron chi connectivity index (χ3n) is 5.94. The largest absolute Gasteiger partial charge is 0.442 e. The molecule has 3 heterocycles. The maximum atomic E-state index is 15.0. The quantitative estimate of drug-likeness (QED) is 0.384. The Morgan fingerprint density at radius 3 is 2.44 bits per heavy atom. The number of rotatable bonds is 8. The summed E-state index contributed by atoms with van der Waals surface area (Å²) in [5, 5.41) is 4.03. The van der Waals surface area contributed by atoms with E-state index in [9.17, 15) is 4.79 Å². The zero-order chi connectivity index (χ0) is 23.3. The van der Waals surface area contributed by atoms with Gasteiger partial charge in [-0.1, -0.05) is 24.3 Å². The fourth-order valence-corrected chi connectivity index (χ4v) is 4.17. The standard InChI is InChI=1S/C26H24FN5O2/c27-25-14-22(32-16-23(34-26(32)33)15-31-18-29-17-30-31)8-9-24(25)21-6-4-19(5-7-21)2-1-3-20-10-12-28-13-11-20/h4-14,17-18,23H,1-3,15-16H2/t23-/m0/s1. The number of aryl methyl sites for hydroxylation is 2. The van der Waals surface area contributed by atoms with Crippen molar-refractivity contribution in [3.8, 4) is 11.1 Å². The van der Waals surface area contributed by atoms with Crippen molar-refractivity contribution >= 4 is 11.8 Å². The summed E-state index contributed by atoms with van der Waals surface area (Å²) in [6.45, 7) is 0.726. The van der Waals surface area contributed by atoms with Crippen LogP contribution in [0.3, 0.4) is 0 Å². The number of anilines is 1. The van der Waals surface area contributed by atoms with Crippen LogP contribution in [0.25, 0.3) is 11.1 Å². The number of pyridine rings is 1. The van der Waals surface area contributed by atoms with Gasteiger partial charge in [0.1, 0.15) is 24.6 Å². The molecule has 0 radical (unpaired) electrons. The van der Waals surface area contributed by atoms with Gasteiger partial charge in [0, 0.05) is 18.0 Å². The zero-order valence-corrected chi connectivity index (χ0v) is 18.5. The maximum absolute atomic E-state index is 15.0. The molecule has 7 nitrogen and oxygen atoms in total. The smallest absolute Gasteiger partial charge is 0.414 e. The number of ether oxygens (including phenoxy) is 1. The second-order valence-electron chi connectivity index (χ2n) is 8.30. The molecule has 1 fully saturated rings. The Morgan fingerprint density at radius 1 is 0.971 bits per heavy atom. The molecule has 0 spiro atoms. The highest BCUT2D eigenvalue weighted by Gasteiger charge is 2.33. The fourth-order valence-electron chi connectivity index (χ4n) is 4.17. The molecule has 0 unspecified atom stereocenters. The number of carbonyl (C=O) groups excluding carboxylic acids is 1. The summed E-state index contributed by atoms with van der Waals surface area (Å²) in [6.07, 6.45) is 8.75. The molecule has 8 heteroatoms. The van der Waals surface area contributed by atoms with Crippen LogP contribution >= 0.6 is 0 Å². The summed E-state index contributed by atoms with van der Waals surface area (Å²) in [7, 11) is 0. The van der Waals surface area contributed by atoms with Crippen LogP contribution in [0, 0.1) is 5.82 Å². The summed E-state index contributed by atoms with van der Waals surface area (Å²) < 4.78 is 22.0. The number of hydrogen-bond acceptors (Lipinski definition) is 5. The molecule has 1 saturated heterocycles. The molecular formula is C26H24FN5O2. The zero-order valence-electron chi connectivity index (χ0n) is 18.5. The van der Waals surface area contributed by atoms with Gasteiger partial charge in [-0.3, -0.25) is 9.88 Å². The van der Waals surface area contributed by atoms with Crippen molar-refractivity contribution in [3.63, 3.8) is 0 Å². The Balaban J connectivity index is 1.21. The van der Waals surface area contributed by atoms with Crippen molar-refractivity contribution in [1.29, 1.82) is 0 Å². The first-order valence-electron chi connectivity index (χ1n) is 11.2. The SMILES string of the molecule is O=C1O[C@@H](Cn2cncn2)CN1c1ccc(-c2ccc(CCCc3ccncc3)cc2)c(F)c1. The highest BCUT2D eigenvalue weighted by Crippen LogP contribution is 2.29. The summed E-state index contributed by atoms with van der Waals surface area (Å²) in [6, 6.07) is 16.9. The van der Waals surface area contributed by atoms with Gasteiger partial charge in [-0.05, 0) is 66.3 Å². The highest BCUT2D eigenvalue weighted by atomic mass is 19.1. The number of carbonyl (C=O) groups is 1. The minimum atomic E-state index is -0.492. The minimum Gasteiger partial charge on any atom is -0.442 e. The molecule has 172 valence electrons. The van der Waals surface area contributed by atoms with Gasteiger partial charge in [0.15, 0.2) is 0 Å². The molecule has 1 aliphatic rings. The van der Waals surface area contributed by atoms with Gasteiger partial charge in [0.05, 0.1) is 18.8 Å². The second kappa shape index (κ2) is 9.82. The molecule has 0 bridgehead atoms. The molecule has 1 atom stereocenters. The Bertz CT molecular complexity index is 1250. The number of amides is 1. The number of benzene rings is 2. The van der Waals surface area contributed by atoms with Gasteiger partial charge in [0.2, 0.25) is 0 Å². The third-order valence-corrected chi connectivity index (χ3v) is 5.94. The van der Waals surface area contributed by atoms with Crippen LogP contribution < -0.4 is 4.90 Å². The molecule has 1 amide bonds. The van der Waals surface area contributed by atoms with Crippen LogP contribution in [-0.4, -0.2) is 38.5 Å². The van der Waals surface area contributed by atoms with Crippen LogP contribution in [0.2, 0.25) is 0 Å². The Morgan fingerprint density at radius 2 is 1.74 bits per heavy atom. The second-order valence-corrected chi connectivity index (χ2v) is 8.30. The van der Waals surface area contributed by atoms with Gasteiger partial charge in [-0.2, -0.15) is 5.10 Å². The van der Waals surface area contributed by atoms with Crippen LogP contribution in [0.5, 0.6) is 0 Å². The number of hydrogen-bond donors (Lipinski definition) is 0. The topological polar surface area (TPSA) is 73.1 Å². The lowest BCUT2D eigenvalue weighted by Gasteiger charge is -2.14. The summed E-state index contributed by atoms with van der Waals surface area (Å²) in [4.78, 5) is 21.7. The molecule has 4 aromatic rings. The molecule has 0 saturated carbocycles. The van der Waals surface area contributed by atoms with Crippen LogP contribution in [0.15, 0.2) is 79.6 Å². The van der Waals surface area contributed by atoms with E-state index >= 15 is 4.39 Å². The van der Waals surface area contributed by atoms with E-state index in [1.165, 1.54) is 28.4 Å². The molecule has 2 aromatic heterocycles. The van der Waals surface area contributed by atoms with Crippen molar-refractivity contribution in [2.75, 3.05) is 11.4 Å². The van der Waals surface area contributed by atoms with Gasteiger partial charge in [-0.15, -0.1) is 0 Å². The monoisotopic (exact) mass is 457 g/mol. The third kappa shape index (κ3) is 4.96. The van der Waals surface area contributed by atoms with E-state index in [1.807, 2.05) is 48.8 Å². The average Bonchev–Trinajstić information content (AvgIpc) is 3.50. The predicted octanol–water partition coefficient (Wildman–Crippen LogP) is 4.68. The highest BCUT2D eigenvalue weighted by molar-refractivity contribution is 5.90. The van der Waals surface area contributed by atoms with E-state index in [4.69, 9.17) is 4.74 Å². The van der Waals surface area contributed by atoms with Crippen molar-refractivity contribution in [1.82, 2.24) is 19.7 Å². The van der Waals surface area contributed by atoms with E-state index in [-0.39, 0.29) is 11.9 Å². The molecule has 1 aliphatic heterocycles. The van der Waals surface area contributed by atoms with Gasteiger partial charge >= 0.3 is 6.09 Å². The molecular weight excluding hydrogens is 433 g/mol. The lowest BCUT2D eigenvalue weighted by atomic mass is 10.00. The Kier molecular flexibility index (Phi) is 6.29. The minimum absolute atomic E-state index is 0.325.